The van der Waals surface area contributed by atoms with E-state index in [9.17, 15) is 0 Å². The van der Waals surface area contributed by atoms with Gasteiger partial charge in [0.2, 0.25) is 0 Å². The number of hydrogen-bond acceptors (Lipinski definition) is 4. The second-order valence-electron chi connectivity index (χ2n) is 5.37. The molecule has 1 N–H and O–H groups in total. The normalized spacial score (nSPS) is 26.1. The van der Waals surface area contributed by atoms with Crippen molar-refractivity contribution in [3.63, 3.8) is 0 Å². The summed E-state index contributed by atoms with van der Waals surface area (Å²) >= 11 is 1.77. The van der Waals surface area contributed by atoms with Crippen molar-refractivity contribution in [1.29, 1.82) is 0 Å². The van der Waals surface area contributed by atoms with Crippen molar-refractivity contribution >= 4 is 11.3 Å². The molecule has 0 saturated carbocycles. The highest BCUT2D eigenvalue weighted by Crippen LogP contribution is 2.31. The van der Waals surface area contributed by atoms with Gasteiger partial charge in [-0.25, -0.2) is 4.98 Å². The van der Waals surface area contributed by atoms with Gasteiger partial charge < -0.3 is 10.1 Å². The molecule has 0 aromatic carbocycles. The van der Waals surface area contributed by atoms with Crippen LogP contribution >= 0.6 is 11.3 Å². The Bertz CT molecular complexity index is 367. The highest BCUT2D eigenvalue weighted by atomic mass is 32.1. The number of ether oxygens (including phenoxy) is 1. The molecule has 1 aliphatic rings. The molecule has 2 atom stereocenters. The Labute approximate surface area is 108 Å². The monoisotopic (exact) mass is 254 g/mol. The molecule has 3 nitrogen and oxygen atoms in total. The largest absolute Gasteiger partial charge is 0.372 e. The van der Waals surface area contributed by atoms with E-state index in [1.807, 2.05) is 0 Å². The summed E-state index contributed by atoms with van der Waals surface area (Å²) in [6, 6.07) is 0.654. The van der Waals surface area contributed by atoms with E-state index in [2.05, 4.69) is 31.5 Å². The Balaban J connectivity index is 2.08. The van der Waals surface area contributed by atoms with E-state index >= 15 is 0 Å². The highest BCUT2D eigenvalue weighted by molar-refractivity contribution is 7.09. The maximum atomic E-state index is 5.47. The number of hydrogen-bond donors (Lipinski definition) is 1. The fourth-order valence-electron chi connectivity index (χ4n) is 2.07. The van der Waals surface area contributed by atoms with Crippen LogP contribution in [0.25, 0.3) is 0 Å². The maximum Gasteiger partial charge on any atom is 0.105 e. The number of methoxy groups -OCH3 is 1. The van der Waals surface area contributed by atoms with Crippen molar-refractivity contribution in [3.8, 4) is 0 Å². The van der Waals surface area contributed by atoms with Gasteiger partial charge in [0.05, 0.1) is 10.7 Å². The molecule has 1 saturated heterocycles. The van der Waals surface area contributed by atoms with E-state index in [4.69, 9.17) is 9.72 Å². The quantitative estimate of drug-likeness (QED) is 0.900. The molecule has 96 valence electrons. The molecule has 1 fully saturated rings. The second kappa shape index (κ2) is 5.04. The number of nitrogens with zero attached hydrogens (tertiary/aromatic N) is 1. The first-order valence-electron chi connectivity index (χ1n) is 6.27. The minimum absolute atomic E-state index is 0.274. The fraction of sp³-hybridized carbons (Fsp3) is 0.769. The molecule has 1 aromatic rings. The summed E-state index contributed by atoms with van der Waals surface area (Å²) in [5.41, 5.74) is 0.781. The summed E-state index contributed by atoms with van der Waals surface area (Å²) < 4.78 is 5.47. The van der Waals surface area contributed by atoms with Crippen molar-refractivity contribution in [3.05, 3.63) is 16.1 Å². The van der Waals surface area contributed by atoms with Gasteiger partial charge >= 0.3 is 0 Å². The van der Waals surface area contributed by atoms with Gasteiger partial charge in [0.15, 0.2) is 0 Å². The smallest absolute Gasteiger partial charge is 0.105 e. The molecule has 4 heteroatoms. The standard InChI is InChI=1S/C13H22N2OS/c1-9-5-6-10(7-14-9)12-15-11(8-17-12)13(2,3)16-4/h8-10,14H,5-7H2,1-4H3/t9-,10-/m1/s1. The predicted molar refractivity (Wildman–Crippen MR) is 71.6 cm³/mol. The Kier molecular flexibility index (Phi) is 3.85. The molecule has 17 heavy (non-hydrogen) atoms. The first kappa shape index (κ1) is 13.0. The van der Waals surface area contributed by atoms with Crippen LogP contribution in [0.1, 0.15) is 50.2 Å². The van der Waals surface area contributed by atoms with E-state index in [0.717, 1.165) is 12.2 Å². The zero-order valence-electron chi connectivity index (χ0n) is 11.1. The van der Waals surface area contributed by atoms with E-state index in [-0.39, 0.29) is 5.60 Å². The van der Waals surface area contributed by atoms with Gasteiger partial charge in [-0.1, -0.05) is 0 Å². The lowest BCUT2D eigenvalue weighted by molar-refractivity contribution is 0.0158. The Morgan fingerprint density at radius 3 is 2.82 bits per heavy atom. The van der Waals surface area contributed by atoms with Crippen LogP contribution in [0.15, 0.2) is 5.38 Å². The van der Waals surface area contributed by atoms with Gasteiger partial charge in [-0.2, -0.15) is 0 Å². The van der Waals surface area contributed by atoms with Gasteiger partial charge in [0.25, 0.3) is 0 Å². The summed E-state index contributed by atoms with van der Waals surface area (Å²) in [6.45, 7) is 7.43. The van der Waals surface area contributed by atoms with E-state index in [1.54, 1.807) is 18.4 Å². The molecule has 2 rings (SSSR count). The third-order valence-electron chi connectivity index (χ3n) is 3.66. The first-order chi connectivity index (χ1) is 8.03. The topological polar surface area (TPSA) is 34.1 Å². The Morgan fingerprint density at radius 2 is 2.24 bits per heavy atom. The summed E-state index contributed by atoms with van der Waals surface area (Å²) in [7, 11) is 1.74. The number of aromatic nitrogens is 1. The zero-order valence-corrected chi connectivity index (χ0v) is 11.9. The molecule has 0 bridgehead atoms. The van der Waals surface area contributed by atoms with Gasteiger partial charge in [0, 0.05) is 31.0 Å². The SMILES string of the molecule is COC(C)(C)c1csc([C@@H]2CC[C@@H](C)NC2)n1. The summed E-state index contributed by atoms with van der Waals surface area (Å²) in [5, 5.41) is 6.92. The van der Waals surface area contributed by atoms with Gasteiger partial charge in [-0.15, -0.1) is 11.3 Å². The van der Waals surface area contributed by atoms with E-state index in [0.29, 0.717) is 12.0 Å². The lowest BCUT2D eigenvalue weighted by Gasteiger charge is -2.26. The molecule has 0 amide bonds. The third-order valence-corrected chi connectivity index (χ3v) is 4.67. The van der Waals surface area contributed by atoms with Crippen LogP contribution in [0, 0.1) is 0 Å². The molecule has 2 heterocycles. The average Bonchev–Trinajstić information content (AvgIpc) is 2.80. The molecular formula is C13H22N2OS. The maximum absolute atomic E-state index is 5.47. The third kappa shape index (κ3) is 2.87. The van der Waals surface area contributed by atoms with Crippen LogP contribution < -0.4 is 5.32 Å². The molecular weight excluding hydrogens is 232 g/mol. The fourth-order valence-corrected chi connectivity index (χ4v) is 3.18. The Morgan fingerprint density at radius 1 is 1.47 bits per heavy atom. The van der Waals surface area contributed by atoms with Crippen LogP contribution in [0.3, 0.4) is 0 Å². The van der Waals surface area contributed by atoms with Gasteiger partial charge in [-0.3, -0.25) is 0 Å². The van der Waals surface area contributed by atoms with E-state index < -0.39 is 0 Å². The van der Waals surface area contributed by atoms with Crippen molar-refractivity contribution in [1.82, 2.24) is 10.3 Å². The number of nitrogens with one attached hydrogen (secondary N) is 1. The van der Waals surface area contributed by atoms with E-state index in [1.165, 1.54) is 17.8 Å². The van der Waals surface area contributed by atoms with Gasteiger partial charge in [-0.05, 0) is 33.6 Å². The molecule has 0 radical (unpaired) electrons. The minimum atomic E-state index is -0.274. The van der Waals surface area contributed by atoms with Crippen LogP contribution in [-0.4, -0.2) is 24.7 Å². The van der Waals surface area contributed by atoms with Crippen LogP contribution in [0.4, 0.5) is 0 Å². The molecule has 1 aromatic heterocycles. The van der Waals surface area contributed by atoms with Gasteiger partial charge in [0.1, 0.15) is 5.60 Å². The Hall–Kier alpha value is -0.450. The zero-order chi connectivity index (χ0) is 12.5. The highest BCUT2D eigenvalue weighted by Gasteiger charge is 2.26. The lowest BCUT2D eigenvalue weighted by Crippen LogP contribution is -2.35. The number of piperidine rings is 1. The summed E-state index contributed by atoms with van der Waals surface area (Å²) in [4.78, 5) is 4.75. The molecule has 0 spiro atoms. The second-order valence-corrected chi connectivity index (χ2v) is 6.26. The summed E-state index contributed by atoms with van der Waals surface area (Å²) in [5.74, 6) is 0.581. The molecule has 1 aliphatic heterocycles. The summed E-state index contributed by atoms with van der Waals surface area (Å²) in [6.07, 6.45) is 2.49. The van der Waals surface area contributed by atoms with Crippen molar-refractivity contribution in [2.45, 2.75) is 51.2 Å². The first-order valence-corrected chi connectivity index (χ1v) is 7.15. The van der Waals surface area contributed by atoms with Crippen LogP contribution in [0.2, 0.25) is 0 Å². The molecule has 0 unspecified atom stereocenters. The van der Waals surface area contributed by atoms with Crippen LogP contribution in [-0.2, 0) is 10.3 Å². The predicted octanol–water partition coefficient (Wildman–Crippen LogP) is 2.88. The van der Waals surface area contributed by atoms with Crippen LogP contribution in [0.5, 0.6) is 0 Å². The number of rotatable bonds is 3. The van der Waals surface area contributed by atoms with Crippen molar-refractivity contribution in [2.75, 3.05) is 13.7 Å². The number of thiazole rings is 1. The van der Waals surface area contributed by atoms with Crippen molar-refractivity contribution in [2.24, 2.45) is 0 Å². The minimum Gasteiger partial charge on any atom is -0.372 e. The lowest BCUT2D eigenvalue weighted by atomic mass is 9.96. The van der Waals surface area contributed by atoms with Crippen molar-refractivity contribution < 1.29 is 4.74 Å². The average molecular weight is 254 g/mol. The molecule has 0 aliphatic carbocycles.